The number of nitrogens with one attached hydrogen (secondary N) is 2. The molecule has 2 aromatic rings. The molecule has 1 saturated heterocycles. The van der Waals surface area contributed by atoms with Crippen LogP contribution in [0.15, 0.2) is 48.5 Å². The van der Waals surface area contributed by atoms with Crippen LogP contribution in [0.5, 0.6) is 0 Å². The normalized spacial score (nSPS) is 18.8. The maximum absolute atomic E-state index is 12.1. The fourth-order valence-corrected chi connectivity index (χ4v) is 4.59. The topological polar surface area (TPSA) is 59.6 Å². The summed E-state index contributed by atoms with van der Waals surface area (Å²) in [4.78, 5) is 12.1. The van der Waals surface area contributed by atoms with Gasteiger partial charge < -0.3 is 20.1 Å². The summed E-state index contributed by atoms with van der Waals surface area (Å²) in [5, 5.41) is 6.68. The van der Waals surface area contributed by atoms with Gasteiger partial charge in [0.25, 0.3) is 0 Å². The van der Waals surface area contributed by atoms with Gasteiger partial charge in [0.1, 0.15) is 6.61 Å². The number of hydrogen-bond acceptors (Lipinski definition) is 4. The Kier molecular flexibility index (Phi) is 8.43. The first-order valence-electron chi connectivity index (χ1n) is 12.4. The first-order chi connectivity index (χ1) is 16.0. The summed E-state index contributed by atoms with van der Waals surface area (Å²) < 4.78 is 10.1. The van der Waals surface area contributed by atoms with Crippen molar-refractivity contribution in [2.24, 2.45) is 0 Å². The van der Waals surface area contributed by atoms with Gasteiger partial charge in [0, 0.05) is 31.7 Å². The highest BCUT2D eigenvalue weighted by atomic mass is 16.6. The standard InChI is InChI=1S/C29H42N2O3/c1-28(2,3)22-12-8-20(9-13-22)26(21-10-14-23(15-11-21)29(4,5)6)25-18-24(19-30-25)31-27(32)34-17-16-33-7/h8-15,24-26,30H,16-19H2,1-7H3,(H,31,32)/t24-,25-/m1/s1. The molecule has 0 spiro atoms. The Bertz CT molecular complexity index is 866. The predicted molar refractivity (Wildman–Crippen MR) is 139 cm³/mol. The van der Waals surface area contributed by atoms with E-state index in [-0.39, 0.29) is 41.5 Å². The van der Waals surface area contributed by atoms with Crippen LogP contribution in [0.4, 0.5) is 4.79 Å². The van der Waals surface area contributed by atoms with E-state index in [2.05, 4.69) is 101 Å². The maximum atomic E-state index is 12.1. The highest BCUT2D eigenvalue weighted by molar-refractivity contribution is 5.67. The number of methoxy groups -OCH3 is 1. The van der Waals surface area contributed by atoms with E-state index in [1.54, 1.807) is 7.11 Å². The Morgan fingerprint density at radius 2 is 1.41 bits per heavy atom. The summed E-state index contributed by atoms with van der Waals surface area (Å²) in [6.45, 7) is 14.8. The van der Waals surface area contributed by atoms with Crippen molar-refractivity contribution >= 4 is 6.09 Å². The van der Waals surface area contributed by atoms with Crippen LogP contribution in [-0.2, 0) is 20.3 Å². The van der Waals surface area contributed by atoms with Gasteiger partial charge in [-0.1, -0.05) is 90.1 Å². The summed E-state index contributed by atoms with van der Waals surface area (Å²) in [6, 6.07) is 18.3. The smallest absolute Gasteiger partial charge is 0.407 e. The molecule has 5 nitrogen and oxygen atoms in total. The van der Waals surface area contributed by atoms with Crippen molar-refractivity contribution in [3.63, 3.8) is 0 Å². The van der Waals surface area contributed by atoms with Crippen LogP contribution in [-0.4, -0.2) is 45.0 Å². The van der Waals surface area contributed by atoms with Crippen molar-refractivity contribution in [2.45, 2.75) is 76.8 Å². The van der Waals surface area contributed by atoms with Crippen molar-refractivity contribution in [3.05, 3.63) is 70.8 Å². The van der Waals surface area contributed by atoms with Crippen molar-refractivity contribution in [1.29, 1.82) is 0 Å². The first kappa shape index (κ1) is 26.2. The van der Waals surface area contributed by atoms with Gasteiger partial charge >= 0.3 is 6.09 Å². The monoisotopic (exact) mass is 466 g/mol. The van der Waals surface area contributed by atoms with Crippen LogP contribution in [0.2, 0.25) is 0 Å². The molecule has 0 unspecified atom stereocenters. The molecule has 0 saturated carbocycles. The van der Waals surface area contributed by atoms with E-state index in [4.69, 9.17) is 9.47 Å². The van der Waals surface area contributed by atoms with Crippen molar-refractivity contribution < 1.29 is 14.3 Å². The largest absolute Gasteiger partial charge is 0.447 e. The molecule has 0 radical (unpaired) electrons. The minimum absolute atomic E-state index is 0.0326. The minimum Gasteiger partial charge on any atom is -0.447 e. The van der Waals surface area contributed by atoms with Gasteiger partial charge in [-0.2, -0.15) is 0 Å². The Labute approximate surface area is 205 Å². The van der Waals surface area contributed by atoms with Gasteiger partial charge in [-0.3, -0.25) is 0 Å². The molecule has 1 amide bonds. The number of alkyl carbamates (subject to hydrolysis) is 1. The maximum Gasteiger partial charge on any atom is 0.407 e. The summed E-state index contributed by atoms with van der Waals surface area (Å²) in [5.41, 5.74) is 5.47. The molecule has 2 N–H and O–H groups in total. The molecule has 1 aliphatic rings. The SMILES string of the molecule is COCCOC(=O)N[C@H]1CN[C@@H](C(c2ccc(C(C)(C)C)cc2)c2ccc(C(C)(C)C)cc2)C1. The summed E-state index contributed by atoms with van der Waals surface area (Å²) in [7, 11) is 1.59. The van der Waals surface area contributed by atoms with Crippen molar-refractivity contribution in [3.8, 4) is 0 Å². The van der Waals surface area contributed by atoms with Crippen LogP contribution in [0.25, 0.3) is 0 Å². The minimum atomic E-state index is -0.384. The molecule has 2 atom stereocenters. The quantitative estimate of drug-likeness (QED) is 0.528. The molecule has 34 heavy (non-hydrogen) atoms. The second-order valence-electron chi connectivity index (χ2n) is 11.4. The van der Waals surface area contributed by atoms with Crippen LogP contribution >= 0.6 is 0 Å². The third kappa shape index (κ3) is 6.83. The number of amides is 1. The van der Waals surface area contributed by atoms with Gasteiger partial charge in [-0.05, 0) is 39.5 Å². The number of benzene rings is 2. The number of rotatable bonds is 7. The zero-order valence-corrected chi connectivity index (χ0v) is 21.9. The third-order valence-electron chi connectivity index (χ3n) is 6.68. The lowest BCUT2D eigenvalue weighted by Crippen LogP contribution is -2.37. The zero-order valence-electron chi connectivity index (χ0n) is 21.9. The second-order valence-corrected chi connectivity index (χ2v) is 11.4. The van der Waals surface area contributed by atoms with E-state index in [1.165, 1.54) is 22.3 Å². The van der Waals surface area contributed by atoms with E-state index in [9.17, 15) is 4.79 Å². The molecule has 0 bridgehead atoms. The average Bonchev–Trinajstić information content (AvgIpc) is 3.21. The second kappa shape index (κ2) is 10.9. The highest BCUT2D eigenvalue weighted by Crippen LogP contribution is 2.35. The summed E-state index contributed by atoms with van der Waals surface area (Å²) in [5.74, 6) is 0.194. The molecule has 1 heterocycles. The lowest BCUT2D eigenvalue weighted by Gasteiger charge is -2.27. The Morgan fingerprint density at radius 1 is 0.912 bits per heavy atom. The number of hydrogen-bond donors (Lipinski definition) is 2. The molecular weight excluding hydrogens is 424 g/mol. The third-order valence-corrected chi connectivity index (χ3v) is 6.68. The van der Waals surface area contributed by atoms with Crippen LogP contribution in [0.1, 0.15) is 76.1 Å². The van der Waals surface area contributed by atoms with Gasteiger partial charge in [-0.25, -0.2) is 4.79 Å². The summed E-state index contributed by atoms with van der Waals surface area (Å²) >= 11 is 0. The molecule has 186 valence electrons. The van der Waals surface area contributed by atoms with Gasteiger partial charge in [-0.15, -0.1) is 0 Å². The molecule has 2 aromatic carbocycles. The fourth-order valence-electron chi connectivity index (χ4n) is 4.59. The number of ether oxygens (including phenoxy) is 2. The predicted octanol–water partition coefficient (Wildman–Crippen LogP) is 5.52. The molecule has 5 heteroatoms. The average molecular weight is 467 g/mol. The molecular formula is C29H42N2O3. The van der Waals surface area contributed by atoms with E-state index >= 15 is 0 Å². The van der Waals surface area contributed by atoms with Gasteiger partial charge in [0.15, 0.2) is 0 Å². The van der Waals surface area contributed by atoms with Crippen molar-refractivity contribution in [2.75, 3.05) is 26.9 Å². The van der Waals surface area contributed by atoms with Crippen LogP contribution in [0.3, 0.4) is 0 Å². The molecule has 1 fully saturated rings. The van der Waals surface area contributed by atoms with Gasteiger partial charge in [0.2, 0.25) is 0 Å². The Balaban J connectivity index is 1.82. The number of carbonyl (C=O) groups excluding carboxylic acids is 1. The molecule has 1 aliphatic heterocycles. The Hall–Kier alpha value is -2.37. The fraction of sp³-hybridized carbons (Fsp3) is 0.552. The van der Waals surface area contributed by atoms with Crippen molar-refractivity contribution in [1.82, 2.24) is 10.6 Å². The van der Waals surface area contributed by atoms with E-state index in [1.807, 2.05) is 0 Å². The Morgan fingerprint density at radius 3 is 1.85 bits per heavy atom. The molecule has 0 aromatic heterocycles. The molecule has 3 rings (SSSR count). The highest BCUT2D eigenvalue weighted by Gasteiger charge is 2.33. The van der Waals surface area contributed by atoms with Crippen LogP contribution < -0.4 is 10.6 Å². The lowest BCUT2D eigenvalue weighted by atomic mass is 9.80. The van der Waals surface area contributed by atoms with E-state index < -0.39 is 0 Å². The van der Waals surface area contributed by atoms with Crippen LogP contribution in [0, 0.1) is 0 Å². The first-order valence-corrected chi connectivity index (χ1v) is 12.4. The van der Waals surface area contributed by atoms with Gasteiger partial charge in [0.05, 0.1) is 6.61 Å². The lowest BCUT2D eigenvalue weighted by molar-refractivity contribution is 0.0968. The molecule has 0 aliphatic carbocycles. The zero-order chi connectivity index (χ0) is 24.9. The summed E-state index contributed by atoms with van der Waals surface area (Å²) in [6.07, 6.45) is 0.455. The number of carbonyl (C=O) groups is 1. The van der Waals surface area contributed by atoms with E-state index in [0.29, 0.717) is 6.61 Å². The van der Waals surface area contributed by atoms with E-state index in [0.717, 1.165) is 13.0 Å².